The Labute approximate surface area is 193 Å². The number of fused-ring (bicyclic) bond motifs is 3. The zero-order valence-electron chi connectivity index (χ0n) is 16.3. The number of carbonyl (C=O) groups excluding carboxylic acids is 1. The lowest BCUT2D eigenvalue weighted by molar-refractivity contribution is -0.137. The quantitative estimate of drug-likeness (QED) is 0.425. The van der Waals surface area contributed by atoms with Crippen molar-refractivity contribution in [2.24, 2.45) is 0 Å². The first-order chi connectivity index (χ1) is 14.9. The van der Waals surface area contributed by atoms with Crippen LogP contribution in [0.3, 0.4) is 0 Å². The summed E-state index contributed by atoms with van der Waals surface area (Å²) in [6.07, 6.45) is -0.947. The summed E-state index contributed by atoms with van der Waals surface area (Å²) in [5, 5.41) is 12.4. The van der Waals surface area contributed by atoms with Gasteiger partial charge in [-0.3, -0.25) is 4.79 Å². The molecule has 0 saturated carbocycles. The third-order valence-corrected chi connectivity index (χ3v) is 6.57. The zero-order chi connectivity index (χ0) is 22.0. The standard InChI is InChI=1S/C24H19BrClNO4/c25-20-11-14(9-10-21(20)26)22(12-23(28)29)27-24(30)31-13-19-17-7-3-1-5-15(17)16-6-2-4-8-18(16)19/h1-11,19,22H,12-13H2,(H,27,30)(H,28,29)/t22-/m1/s1. The lowest BCUT2D eigenvalue weighted by Crippen LogP contribution is -2.31. The number of alkyl carbamates (subject to hydrolysis) is 1. The number of nitrogens with one attached hydrogen (secondary N) is 1. The van der Waals surface area contributed by atoms with Gasteiger partial charge in [-0.1, -0.05) is 66.2 Å². The first kappa shape index (κ1) is 21.4. The van der Waals surface area contributed by atoms with Gasteiger partial charge in [0, 0.05) is 10.4 Å². The second-order valence-electron chi connectivity index (χ2n) is 7.29. The highest BCUT2D eigenvalue weighted by Crippen LogP contribution is 2.44. The van der Waals surface area contributed by atoms with Crippen LogP contribution in [0.2, 0.25) is 5.02 Å². The van der Waals surface area contributed by atoms with Gasteiger partial charge in [0.05, 0.1) is 17.5 Å². The second-order valence-corrected chi connectivity index (χ2v) is 8.56. The molecule has 0 aromatic heterocycles. The van der Waals surface area contributed by atoms with Crippen molar-refractivity contribution in [2.45, 2.75) is 18.4 Å². The van der Waals surface area contributed by atoms with Gasteiger partial charge in [0.25, 0.3) is 0 Å². The Bertz CT molecular complexity index is 1100. The van der Waals surface area contributed by atoms with Crippen molar-refractivity contribution < 1.29 is 19.4 Å². The minimum Gasteiger partial charge on any atom is -0.481 e. The third-order valence-electron chi connectivity index (χ3n) is 5.36. The van der Waals surface area contributed by atoms with Crippen LogP contribution in [0.5, 0.6) is 0 Å². The van der Waals surface area contributed by atoms with Crippen molar-refractivity contribution in [1.29, 1.82) is 0 Å². The van der Waals surface area contributed by atoms with E-state index >= 15 is 0 Å². The maximum atomic E-state index is 12.6. The molecule has 0 unspecified atom stereocenters. The molecule has 0 radical (unpaired) electrons. The molecular formula is C24H19BrClNO4. The largest absolute Gasteiger partial charge is 0.481 e. The number of hydrogen-bond donors (Lipinski definition) is 2. The van der Waals surface area contributed by atoms with Gasteiger partial charge in [-0.2, -0.15) is 0 Å². The number of amides is 1. The van der Waals surface area contributed by atoms with E-state index in [2.05, 4.69) is 33.4 Å². The summed E-state index contributed by atoms with van der Waals surface area (Å²) in [5.41, 5.74) is 5.12. The second kappa shape index (κ2) is 9.12. The first-order valence-electron chi connectivity index (χ1n) is 9.72. The van der Waals surface area contributed by atoms with Crippen molar-refractivity contribution in [3.8, 4) is 11.1 Å². The van der Waals surface area contributed by atoms with Crippen LogP contribution >= 0.6 is 27.5 Å². The summed E-state index contributed by atoms with van der Waals surface area (Å²) in [7, 11) is 0. The molecule has 0 fully saturated rings. The van der Waals surface area contributed by atoms with Gasteiger partial charge in [0.15, 0.2) is 0 Å². The average molecular weight is 501 g/mol. The van der Waals surface area contributed by atoms with Gasteiger partial charge < -0.3 is 15.2 Å². The van der Waals surface area contributed by atoms with Gasteiger partial charge in [-0.15, -0.1) is 0 Å². The molecule has 0 heterocycles. The van der Waals surface area contributed by atoms with E-state index in [-0.39, 0.29) is 18.9 Å². The summed E-state index contributed by atoms with van der Waals surface area (Å²) < 4.78 is 6.17. The smallest absolute Gasteiger partial charge is 0.407 e. The van der Waals surface area contributed by atoms with E-state index in [0.717, 1.165) is 22.3 Å². The highest BCUT2D eigenvalue weighted by atomic mass is 79.9. The molecule has 0 aliphatic heterocycles. The van der Waals surface area contributed by atoms with Gasteiger partial charge in [-0.05, 0) is 55.9 Å². The van der Waals surface area contributed by atoms with Crippen LogP contribution in [-0.4, -0.2) is 23.8 Å². The number of hydrogen-bond acceptors (Lipinski definition) is 3. The Morgan fingerprint density at radius 2 is 1.65 bits per heavy atom. The zero-order valence-corrected chi connectivity index (χ0v) is 18.7. The van der Waals surface area contributed by atoms with Crippen molar-refractivity contribution in [1.82, 2.24) is 5.32 Å². The number of carboxylic acids is 1. The first-order valence-corrected chi connectivity index (χ1v) is 10.9. The average Bonchev–Trinajstić information content (AvgIpc) is 3.07. The van der Waals surface area contributed by atoms with Crippen molar-refractivity contribution in [3.05, 3.63) is 92.9 Å². The summed E-state index contributed by atoms with van der Waals surface area (Å²) in [4.78, 5) is 23.9. The summed E-state index contributed by atoms with van der Waals surface area (Å²) in [6, 6.07) is 20.4. The van der Waals surface area contributed by atoms with Gasteiger partial charge >= 0.3 is 12.1 Å². The van der Waals surface area contributed by atoms with E-state index in [1.807, 2.05) is 36.4 Å². The molecule has 4 rings (SSSR count). The van der Waals surface area contributed by atoms with Crippen LogP contribution in [0.25, 0.3) is 11.1 Å². The molecule has 0 bridgehead atoms. The summed E-state index contributed by atoms with van der Waals surface area (Å²) >= 11 is 9.36. The molecule has 158 valence electrons. The van der Waals surface area contributed by atoms with E-state index in [1.54, 1.807) is 18.2 Å². The number of carbonyl (C=O) groups is 2. The lowest BCUT2D eigenvalue weighted by Gasteiger charge is -2.19. The number of benzene rings is 3. The number of carboxylic acid groups (broad SMARTS) is 1. The van der Waals surface area contributed by atoms with Gasteiger partial charge in [0.2, 0.25) is 0 Å². The number of ether oxygens (including phenoxy) is 1. The topological polar surface area (TPSA) is 75.6 Å². The number of aliphatic carboxylic acids is 1. The predicted octanol–water partition coefficient (Wildman–Crippen LogP) is 6.16. The van der Waals surface area contributed by atoms with Crippen LogP contribution < -0.4 is 5.32 Å². The summed E-state index contributed by atoms with van der Waals surface area (Å²) in [5.74, 6) is -1.10. The molecule has 5 nitrogen and oxygen atoms in total. The summed E-state index contributed by atoms with van der Waals surface area (Å²) in [6.45, 7) is 0.157. The lowest BCUT2D eigenvalue weighted by atomic mass is 9.98. The Hall–Kier alpha value is -2.83. The SMILES string of the molecule is O=C(O)C[C@@H](NC(=O)OCC1c2ccccc2-c2ccccc21)c1ccc(Cl)c(Br)c1. The normalized spacial score (nSPS) is 13.2. The number of halogens is 2. The Morgan fingerprint density at radius 1 is 1.03 bits per heavy atom. The molecule has 3 aromatic rings. The highest BCUT2D eigenvalue weighted by molar-refractivity contribution is 9.10. The number of rotatable bonds is 6. The van der Waals surface area contributed by atoms with E-state index in [0.29, 0.717) is 15.1 Å². The molecule has 1 atom stereocenters. The fourth-order valence-corrected chi connectivity index (χ4v) is 4.45. The molecule has 0 spiro atoms. The van der Waals surface area contributed by atoms with E-state index in [1.165, 1.54) is 0 Å². The molecule has 1 amide bonds. The van der Waals surface area contributed by atoms with Gasteiger partial charge in [-0.25, -0.2) is 4.79 Å². The highest BCUT2D eigenvalue weighted by Gasteiger charge is 2.29. The van der Waals surface area contributed by atoms with Crippen LogP contribution in [0.15, 0.2) is 71.2 Å². The molecule has 7 heteroatoms. The molecule has 1 aliphatic carbocycles. The molecular weight excluding hydrogens is 482 g/mol. The maximum Gasteiger partial charge on any atom is 0.407 e. The fraction of sp³-hybridized carbons (Fsp3) is 0.167. The van der Waals surface area contributed by atoms with Crippen molar-refractivity contribution in [2.75, 3.05) is 6.61 Å². The molecule has 2 N–H and O–H groups in total. The Balaban J connectivity index is 1.49. The van der Waals surface area contributed by atoms with Crippen LogP contribution in [0.1, 0.15) is 35.1 Å². The Kier molecular flexibility index (Phi) is 6.30. The minimum absolute atomic E-state index is 0.0687. The minimum atomic E-state index is -1.03. The van der Waals surface area contributed by atoms with E-state index in [9.17, 15) is 14.7 Å². The predicted molar refractivity (Wildman–Crippen MR) is 122 cm³/mol. The molecule has 1 aliphatic rings. The molecule has 0 saturated heterocycles. The van der Waals surface area contributed by atoms with E-state index < -0.39 is 18.1 Å². The van der Waals surface area contributed by atoms with Crippen LogP contribution in [0.4, 0.5) is 4.79 Å². The third kappa shape index (κ3) is 4.60. The molecule has 3 aromatic carbocycles. The van der Waals surface area contributed by atoms with Crippen LogP contribution in [-0.2, 0) is 9.53 Å². The van der Waals surface area contributed by atoms with Crippen molar-refractivity contribution in [3.63, 3.8) is 0 Å². The Morgan fingerprint density at radius 3 is 2.23 bits per heavy atom. The van der Waals surface area contributed by atoms with Gasteiger partial charge in [0.1, 0.15) is 6.61 Å². The van der Waals surface area contributed by atoms with Crippen molar-refractivity contribution >= 4 is 39.6 Å². The van der Waals surface area contributed by atoms with E-state index in [4.69, 9.17) is 16.3 Å². The fourth-order valence-electron chi connectivity index (χ4n) is 3.94. The maximum absolute atomic E-state index is 12.6. The van der Waals surface area contributed by atoms with Crippen LogP contribution in [0, 0.1) is 0 Å². The molecule has 31 heavy (non-hydrogen) atoms. The monoisotopic (exact) mass is 499 g/mol.